The van der Waals surface area contributed by atoms with Crippen molar-refractivity contribution in [2.24, 2.45) is 0 Å². The maximum atomic E-state index is 12.2. The average molecular weight is 370 g/mol. The van der Waals surface area contributed by atoms with Crippen LogP contribution in [0.15, 0.2) is 30.3 Å². The third-order valence-corrected chi connectivity index (χ3v) is 4.44. The van der Waals surface area contributed by atoms with Crippen molar-refractivity contribution in [1.29, 1.82) is 0 Å². The van der Waals surface area contributed by atoms with Crippen molar-refractivity contribution in [2.45, 2.75) is 46.6 Å². The molecule has 0 saturated heterocycles. The Balaban J connectivity index is 1.82. The number of esters is 1. The van der Waals surface area contributed by atoms with Gasteiger partial charge in [0, 0.05) is 17.3 Å². The SMILES string of the molecule is CC(=O)c1c(C)[nH]c(C(=O)OCC(=O)NC(C)CCc2ccccc2)c1C. The highest BCUT2D eigenvalue weighted by Crippen LogP contribution is 2.19. The summed E-state index contributed by atoms with van der Waals surface area (Å²) in [5.41, 5.74) is 3.07. The first-order valence-corrected chi connectivity index (χ1v) is 9.00. The Morgan fingerprint density at radius 3 is 2.41 bits per heavy atom. The standard InChI is InChI=1S/C21H26N2O4/c1-13(10-11-17-8-6-5-7-9-17)22-18(25)12-27-21(26)20-14(2)19(16(4)24)15(3)23-20/h5-9,13,23H,10-12H2,1-4H3,(H,22,25). The van der Waals surface area contributed by atoms with Crippen molar-refractivity contribution < 1.29 is 19.1 Å². The zero-order chi connectivity index (χ0) is 20.0. The Kier molecular flexibility index (Phi) is 6.93. The fraction of sp³-hybridized carbons (Fsp3) is 0.381. The van der Waals surface area contributed by atoms with Gasteiger partial charge in [0.2, 0.25) is 0 Å². The molecule has 2 rings (SSSR count). The van der Waals surface area contributed by atoms with Gasteiger partial charge in [0.25, 0.3) is 5.91 Å². The summed E-state index contributed by atoms with van der Waals surface area (Å²) in [4.78, 5) is 38.7. The van der Waals surface area contributed by atoms with Gasteiger partial charge in [0.1, 0.15) is 5.69 Å². The van der Waals surface area contributed by atoms with E-state index in [4.69, 9.17) is 4.74 Å². The molecule has 0 saturated carbocycles. The Labute approximate surface area is 159 Å². The quantitative estimate of drug-likeness (QED) is 0.552. The predicted octanol–water partition coefficient (Wildman–Crippen LogP) is 3.13. The molecule has 1 aromatic carbocycles. The van der Waals surface area contributed by atoms with Crippen molar-refractivity contribution in [3.63, 3.8) is 0 Å². The van der Waals surface area contributed by atoms with E-state index in [1.165, 1.54) is 12.5 Å². The number of Topliss-reactive ketones (excluding diaryl/α,β-unsaturated/α-hetero) is 1. The number of H-pyrrole nitrogens is 1. The second-order valence-electron chi connectivity index (χ2n) is 6.75. The first-order chi connectivity index (χ1) is 12.8. The number of nitrogens with one attached hydrogen (secondary N) is 2. The highest BCUT2D eigenvalue weighted by molar-refractivity contribution is 6.01. The lowest BCUT2D eigenvalue weighted by Gasteiger charge is -2.14. The number of aromatic amines is 1. The molecule has 0 radical (unpaired) electrons. The Morgan fingerprint density at radius 2 is 1.81 bits per heavy atom. The molecule has 6 heteroatoms. The largest absolute Gasteiger partial charge is 0.451 e. The summed E-state index contributed by atoms with van der Waals surface area (Å²) in [7, 11) is 0. The van der Waals surface area contributed by atoms with E-state index in [0.717, 1.165) is 12.8 Å². The van der Waals surface area contributed by atoms with Crippen molar-refractivity contribution >= 4 is 17.7 Å². The molecule has 1 heterocycles. The number of rotatable bonds is 8. The van der Waals surface area contributed by atoms with Crippen LogP contribution >= 0.6 is 0 Å². The topological polar surface area (TPSA) is 88.3 Å². The van der Waals surface area contributed by atoms with E-state index in [-0.39, 0.29) is 30.0 Å². The summed E-state index contributed by atoms with van der Waals surface area (Å²) in [6.07, 6.45) is 1.65. The summed E-state index contributed by atoms with van der Waals surface area (Å²) in [5.74, 6) is -1.11. The van der Waals surface area contributed by atoms with Crippen molar-refractivity contribution in [1.82, 2.24) is 10.3 Å². The molecule has 0 aliphatic heterocycles. The lowest BCUT2D eigenvalue weighted by molar-refractivity contribution is -0.124. The van der Waals surface area contributed by atoms with Gasteiger partial charge in [-0.1, -0.05) is 30.3 Å². The predicted molar refractivity (Wildman–Crippen MR) is 103 cm³/mol. The molecule has 2 aromatic rings. The lowest BCUT2D eigenvalue weighted by atomic mass is 10.1. The molecule has 1 aromatic heterocycles. The molecule has 2 N–H and O–H groups in total. The fourth-order valence-electron chi connectivity index (χ4n) is 3.10. The van der Waals surface area contributed by atoms with Gasteiger partial charge in [0.15, 0.2) is 12.4 Å². The number of carbonyl (C=O) groups is 3. The van der Waals surface area contributed by atoms with Crippen LogP contribution in [0.3, 0.4) is 0 Å². The van der Waals surface area contributed by atoms with Gasteiger partial charge in [-0.25, -0.2) is 4.79 Å². The molecular weight excluding hydrogens is 344 g/mol. The maximum absolute atomic E-state index is 12.2. The Bertz CT molecular complexity index is 824. The molecule has 144 valence electrons. The fourth-order valence-corrected chi connectivity index (χ4v) is 3.10. The van der Waals surface area contributed by atoms with Gasteiger partial charge >= 0.3 is 5.97 Å². The number of hydrogen-bond acceptors (Lipinski definition) is 4. The molecule has 0 spiro atoms. The molecule has 6 nitrogen and oxygen atoms in total. The number of carbonyl (C=O) groups excluding carboxylic acids is 3. The van der Waals surface area contributed by atoms with E-state index in [9.17, 15) is 14.4 Å². The van der Waals surface area contributed by atoms with Crippen molar-refractivity contribution in [3.05, 3.63) is 58.4 Å². The van der Waals surface area contributed by atoms with Gasteiger partial charge in [-0.15, -0.1) is 0 Å². The van der Waals surface area contributed by atoms with E-state index in [1.807, 2.05) is 37.3 Å². The Hall–Kier alpha value is -2.89. The van der Waals surface area contributed by atoms with E-state index < -0.39 is 5.97 Å². The molecular formula is C21H26N2O4. The summed E-state index contributed by atoms with van der Waals surface area (Å²) >= 11 is 0. The minimum absolute atomic E-state index is 0.0322. The van der Waals surface area contributed by atoms with Gasteiger partial charge in [-0.05, 0) is 51.7 Å². The number of ether oxygens (including phenoxy) is 1. The summed E-state index contributed by atoms with van der Waals surface area (Å²) in [6, 6.07) is 10.0. The van der Waals surface area contributed by atoms with E-state index in [2.05, 4.69) is 10.3 Å². The number of ketones is 1. The second kappa shape index (κ2) is 9.16. The molecule has 1 unspecified atom stereocenters. The van der Waals surface area contributed by atoms with E-state index >= 15 is 0 Å². The van der Waals surface area contributed by atoms with Gasteiger partial charge in [0.05, 0.1) is 0 Å². The number of benzene rings is 1. The van der Waals surface area contributed by atoms with E-state index in [0.29, 0.717) is 16.8 Å². The van der Waals surface area contributed by atoms with Crippen molar-refractivity contribution in [2.75, 3.05) is 6.61 Å². The zero-order valence-corrected chi connectivity index (χ0v) is 16.2. The maximum Gasteiger partial charge on any atom is 0.355 e. The van der Waals surface area contributed by atoms with Gasteiger partial charge < -0.3 is 15.0 Å². The molecule has 0 fully saturated rings. The average Bonchev–Trinajstić information content (AvgIpc) is 2.93. The second-order valence-corrected chi connectivity index (χ2v) is 6.75. The summed E-state index contributed by atoms with van der Waals surface area (Å²) in [5, 5.41) is 2.83. The minimum atomic E-state index is -0.643. The summed E-state index contributed by atoms with van der Waals surface area (Å²) in [6.45, 7) is 6.41. The number of aryl methyl sites for hydroxylation is 2. The first kappa shape index (κ1) is 20.4. The third-order valence-electron chi connectivity index (χ3n) is 4.44. The molecule has 0 aliphatic rings. The molecule has 1 atom stereocenters. The van der Waals surface area contributed by atoms with E-state index in [1.54, 1.807) is 13.8 Å². The zero-order valence-electron chi connectivity index (χ0n) is 16.2. The van der Waals surface area contributed by atoms with Crippen molar-refractivity contribution in [3.8, 4) is 0 Å². The van der Waals surface area contributed by atoms with Crippen LogP contribution in [-0.4, -0.2) is 35.3 Å². The van der Waals surface area contributed by atoms with Crippen LogP contribution < -0.4 is 5.32 Å². The van der Waals surface area contributed by atoms with Crippen LogP contribution in [0.25, 0.3) is 0 Å². The first-order valence-electron chi connectivity index (χ1n) is 9.00. The van der Waals surface area contributed by atoms with Crippen LogP contribution in [0.1, 0.15) is 57.9 Å². The number of hydrogen-bond donors (Lipinski definition) is 2. The molecule has 0 bridgehead atoms. The highest BCUT2D eigenvalue weighted by atomic mass is 16.5. The van der Waals surface area contributed by atoms with Crippen LogP contribution in [0, 0.1) is 13.8 Å². The summed E-state index contributed by atoms with van der Waals surface area (Å²) < 4.78 is 5.09. The van der Waals surface area contributed by atoms with Crippen LogP contribution in [0.5, 0.6) is 0 Å². The molecule has 1 amide bonds. The minimum Gasteiger partial charge on any atom is -0.451 e. The van der Waals surface area contributed by atoms with Gasteiger partial charge in [-0.3, -0.25) is 9.59 Å². The lowest BCUT2D eigenvalue weighted by Crippen LogP contribution is -2.36. The molecule has 0 aliphatic carbocycles. The van der Waals surface area contributed by atoms with Crippen LogP contribution in [-0.2, 0) is 16.0 Å². The third kappa shape index (κ3) is 5.54. The van der Waals surface area contributed by atoms with Gasteiger partial charge in [-0.2, -0.15) is 0 Å². The number of amides is 1. The number of aromatic nitrogens is 1. The highest BCUT2D eigenvalue weighted by Gasteiger charge is 2.21. The normalized spacial score (nSPS) is 11.7. The van der Waals surface area contributed by atoms with Crippen LogP contribution in [0.2, 0.25) is 0 Å². The molecule has 27 heavy (non-hydrogen) atoms. The Morgan fingerprint density at radius 1 is 1.15 bits per heavy atom. The monoisotopic (exact) mass is 370 g/mol. The smallest absolute Gasteiger partial charge is 0.355 e. The van der Waals surface area contributed by atoms with Crippen LogP contribution in [0.4, 0.5) is 0 Å².